The summed E-state index contributed by atoms with van der Waals surface area (Å²) >= 11 is 0. The van der Waals surface area contributed by atoms with Gasteiger partial charge in [-0.1, -0.05) is 0 Å². The van der Waals surface area contributed by atoms with Crippen LogP contribution < -0.4 is 10.9 Å². The predicted molar refractivity (Wildman–Crippen MR) is 88.8 cm³/mol. The Labute approximate surface area is 143 Å². The molecule has 0 radical (unpaired) electrons. The number of carbonyl (C=O) groups is 1. The topological polar surface area (TPSA) is 121 Å². The molecule has 1 amide bonds. The van der Waals surface area contributed by atoms with Crippen LogP contribution in [-0.2, 0) is 14.8 Å². The monoisotopic (exact) mass is 364 g/mol. The molecule has 0 unspecified atom stereocenters. The lowest BCUT2D eigenvalue weighted by Gasteiger charge is -2.26. The first-order valence-corrected chi connectivity index (χ1v) is 8.96. The van der Waals surface area contributed by atoms with Gasteiger partial charge in [-0.3, -0.25) is 9.59 Å². The first kappa shape index (κ1) is 17.3. The van der Waals surface area contributed by atoms with Crippen molar-refractivity contribution >= 4 is 21.6 Å². The van der Waals surface area contributed by atoms with Crippen molar-refractivity contribution < 1.29 is 17.9 Å². The quantitative estimate of drug-likeness (QED) is 0.790. The van der Waals surface area contributed by atoms with Gasteiger partial charge in [0.15, 0.2) is 0 Å². The van der Waals surface area contributed by atoms with Gasteiger partial charge in [0.05, 0.1) is 18.1 Å². The number of nitrogens with one attached hydrogen (secondary N) is 2. The number of sulfonamides is 1. The van der Waals surface area contributed by atoms with E-state index in [9.17, 15) is 18.0 Å². The van der Waals surface area contributed by atoms with Crippen molar-refractivity contribution in [2.24, 2.45) is 0 Å². The predicted octanol–water partition coefficient (Wildman–Crippen LogP) is 0.0431. The third-order valence-corrected chi connectivity index (χ3v) is 5.54. The fourth-order valence-corrected chi connectivity index (χ4v) is 3.72. The lowest BCUT2D eigenvalue weighted by atomic mass is 10.3. The Kier molecular flexibility index (Phi) is 4.93. The molecule has 1 aliphatic rings. The molecule has 10 heteroatoms. The zero-order chi connectivity index (χ0) is 17.9. The number of morpholine rings is 1. The Morgan fingerprint density at radius 2 is 1.80 bits per heavy atom. The fourth-order valence-electron chi connectivity index (χ4n) is 2.31. The molecule has 2 aromatic rings. The van der Waals surface area contributed by atoms with E-state index in [0.717, 1.165) is 0 Å². The number of rotatable bonds is 4. The van der Waals surface area contributed by atoms with Crippen LogP contribution in [0.15, 0.2) is 46.1 Å². The third-order valence-electron chi connectivity index (χ3n) is 3.63. The van der Waals surface area contributed by atoms with Crippen molar-refractivity contribution in [3.63, 3.8) is 0 Å². The van der Waals surface area contributed by atoms with Gasteiger partial charge in [-0.2, -0.15) is 9.40 Å². The van der Waals surface area contributed by atoms with Gasteiger partial charge in [-0.15, -0.1) is 0 Å². The van der Waals surface area contributed by atoms with Crippen LogP contribution in [0.5, 0.6) is 0 Å². The summed E-state index contributed by atoms with van der Waals surface area (Å²) in [5.41, 5.74) is 0.0535. The van der Waals surface area contributed by atoms with E-state index < -0.39 is 21.5 Å². The highest BCUT2D eigenvalue weighted by Crippen LogP contribution is 2.19. The van der Waals surface area contributed by atoms with E-state index >= 15 is 0 Å². The van der Waals surface area contributed by atoms with Gasteiger partial charge in [0.2, 0.25) is 10.0 Å². The maximum Gasteiger partial charge on any atom is 0.276 e. The van der Waals surface area contributed by atoms with Crippen molar-refractivity contribution in [1.82, 2.24) is 14.5 Å². The normalized spacial score (nSPS) is 15.7. The maximum absolute atomic E-state index is 12.5. The Bertz CT molecular complexity index is 897. The molecule has 2 N–H and O–H groups in total. The van der Waals surface area contributed by atoms with Gasteiger partial charge >= 0.3 is 0 Å². The number of carbonyl (C=O) groups excluding carboxylic acids is 1. The summed E-state index contributed by atoms with van der Waals surface area (Å²) in [5.74, 6) is -0.514. The molecule has 9 nitrogen and oxygen atoms in total. The second kappa shape index (κ2) is 7.13. The maximum atomic E-state index is 12.5. The van der Waals surface area contributed by atoms with Crippen LogP contribution in [0.1, 0.15) is 10.5 Å². The van der Waals surface area contributed by atoms with Crippen LogP contribution in [0.4, 0.5) is 5.69 Å². The third kappa shape index (κ3) is 3.92. The molecular formula is C15H16N4O5S. The smallest absolute Gasteiger partial charge is 0.276 e. The zero-order valence-electron chi connectivity index (χ0n) is 13.1. The Morgan fingerprint density at radius 1 is 1.12 bits per heavy atom. The molecule has 1 saturated heterocycles. The number of hydrogen-bond acceptors (Lipinski definition) is 6. The molecule has 25 heavy (non-hydrogen) atoms. The minimum Gasteiger partial charge on any atom is -0.379 e. The first-order valence-electron chi connectivity index (χ1n) is 7.52. The molecule has 2 heterocycles. The Morgan fingerprint density at radius 3 is 2.40 bits per heavy atom. The zero-order valence-corrected chi connectivity index (χ0v) is 14.0. The van der Waals surface area contributed by atoms with E-state index in [1.165, 1.54) is 40.7 Å². The Hall–Kier alpha value is -2.56. The lowest BCUT2D eigenvalue weighted by Crippen LogP contribution is -2.40. The van der Waals surface area contributed by atoms with E-state index in [1.54, 1.807) is 0 Å². The number of H-pyrrole nitrogens is 1. The van der Waals surface area contributed by atoms with Crippen LogP contribution in [-0.4, -0.2) is 55.1 Å². The van der Waals surface area contributed by atoms with Crippen LogP contribution in [0.25, 0.3) is 0 Å². The largest absolute Gasteiger partial charge is 0.379 e. The van der Waals surface area contributed by atoms with Crippen molar-refractivity contribution in [2.75, 3.05) is 31.6 Å². The van der Waals surface area contributed by atoms with E-state index in [0.29, 0.717) is 32.0 Å². The van der Waals surface area contributed by atoms with Crippen LogP contribution in [0.3, 0.4) is 0 Å². The van der Waals surface area contributed by atoms with E-state index in [-0.39, 0.29) is 10.6 Å². The molecule has 0 atom stereocenters. The molecule has 0 saturated carbocycles. The standard InChI is InChI=1S/C15H16N4O5S/c20-14-6-5-13(17-18-14)15(21)16-11-1-3-12(4-2-11)25(22,23)19-7-9-24-10-8-19/h1-6H,7-10H2,(H,16,21)(H,18,20). The first-order chi connectivity index (χ1) is 12.0. The van der Waals surface area contributed by atoms with Gasteiger partial charge < -0.3 is 10.1 Å². The highest BCUT2D eigenvalue weighted by molar-refractivity contribution is 7.89. The number of benzene rings is 1. The van der Waals surface area contributed by atoms with Crippen LogP contribution in [0, 0.1) is 0 Å². The van der Waals surface area contributed by atoms with Gasteiger partial charge in [0.1, 0.15) is 5.69 Å². The number of anilines is 1. The number of aromatic amines is 1. The average Bonchev–Trinajstić information content (AvgIpc) is 2.63. The lowest BCUT2D eigenvalue weighted by molar-refractivity contribution is 0.0730. The summed E-state index contributed by atoms with van der Waals surface area (Å²) in [4.78, 5) is 23.1. The van der Waals surface area contributed by atoms with Crippen molar-refractivity contribution in [2.45, 2.75) is 4.90 Å². The van der Waals surface area contributed by atoms with Gasteiger partial charge in [-0.25, -0.2) is 13.5 Å². The summed E-state index contributed by atoms with van der Waals surface area (Å²) in [6, 6.07) is 8.35. The number of aromatic nitrogens is 2. The summed E-state index contributed by atoms with van der Waals surface area (Å²) in [5, 5.41) is 8.38. The number of nitrogens with zero attached hydrogens (tertiary/aromatic N) is 2. The van der Waals surface area contributed by atoms with Gasteiger partial charge in [0.25, 0.3) is 11.5 Å². The summed E-state index contributed by atoms with van der Waals surface area (Å²) in [6.45, 7) is 1.39. The second-order valence-corrected chi connectivity index (χ2v) is 7.24. The van der Waals surface area contributed by atoms with Crippen molar-refractivity contribution in [3.05, 3.63) is 52.4 Å². The molecule has 0 aliphatic carbocycles. The van der Waals surface area contributed by atoms with Crippen molar-refractivity contribution in [3.8, 4) is 0 Å². The second-order valence-electron chi connectivity index (χ2n) is 5.30. The highest BCUT2D eigenvalue weighted by atomic mass is 32.2. The molecule has 3 rings (SSSR count). The van der Waals surface area contributed by atoms with E-state index in [4.69, 9.17) is 4.74 Å². The van der Waals surface area contributed by atoms with Crippen LogP contribution in [0.2, 0.25) is 0 Å². The summed E-state index contributed by atoms with van der Waals surface area (Å²) in [6.07, 6.45) is 0. The number of ether oxygens (including phenoxy) is 1. The van der Waals surface area contributed by atoms with Gasteiger partial charge in [-0.05, 0) is 30.3 Å². The molecule has 0 bridgehead atoms. The number of hydrogen-bond donors (Lipinski definition) is 2. The number of amides is 1. The fraction of sp³-hybridized carbons (Fsp3) is 0.267. The minimum absolute atomic E-state index is 0.0459. The Balaban J connectivity index is 1.72. The molecule has 1 aromatic heterocycles. The summed E-state index contributed by atoms with van der Waals surface area (Å²) in [7, 11) is -3.58. The summed E-state index contributed by atoms with van der Waals surface area (Å²) < 4.78 is 31.6. The molecule has 1 aromatic carbocycles. The molecule has 1 aliphatic heterocycles. The average molecular weight is 364 g/mol. The van der Waals surface area contributed by atoms with Crippen LogP contribution >= 0.6 is 0 Å². The molecule has 132 valence electrons. The van der Waals surface area contributed by atoms with Crippen molar-refractivity contribution in [1.29, 1.82) is 0 Å². The molecular weight excluding hydrogens is 348 g/mol. The minimum atomic E-state index is -3.58. The van der Waals surface area contributed by atoms with E-state index in [2.05, 4.69) is 15.5 Å². The highest BCUT2D eigenvalue weighted by Gasteiger charge is 2.26. The molecule has 0 spiro atoms. The molecule has 1 fully saturated rings. The van der Waals surface area contributed by atoms with Gasteiger partial charge in [0, 0.05) is 24.8 Å². The SMILES string of the molecule is O=C(Nc1ccc(S(=O)(=O)N2CCOCC2)cc1)c1ccc(=O)[nH]n1. The van der Waals surface area contributed by atoms with E-state index in [1.807, 2.05) is 0 Å².